The third kappa shape index (κ3) is 5.19. The molecule has 3 nitrogen and oxygen atoms in total. The van der Waals surface area contributed by atoms with Gasteiger partial charge in [-0.25, -0.2) is 4.98 Å². The van der Waals surface area contributed by atoms with E-state index < -0.39 is 0 Å². The number of rotatable bonds is 7. The summed E-state index contributed by atoms with van der Waals surface area (Å²) in [6.45, 7) is 12.9. The fourth-order valence-electron chi connectivity index (χ4n) is 2.34. The van der Waals surface area contributed by atoms with Gasteiger partial charge >= 0.3 is 0 Å². The topological polar surface area (TPSA) is 28.2 Å². The molecule has 1 atom stereocenters. The monoisotopic (exact) mass is 263 g/mol. The van der Waals surface area contributed by atoms with E-state index >= 15 is 0 Å². The Morgan fingerprint density at radius 3 is 2.53 bits per heavy atom. The first-order valence-corrected chi connectivity index (χ1v) is 7.35. The zero-order chi connectivity index (χ0) is 14.4. The molecule has 1 heterocycles. The number of nitrogens with zero attached hydrogens (tertiary/aromatic N) is 2. The van der Waals surface area contributed by atoms with Crippen LogP contribution < -0.4 is 10.2 Å². The van der Waals surface area contributed by atoms with Gasteiger partial charge in [-0.15, -0.1) is 0 Å². The maximum absolute atomic E-state index is 4.67. The van der Waals surface area contributed by atoms with E-state index in [0.29, 0.717) is 12.0 Å². The summed E-state index contributed by atoms with van der Waals surface area (Å²) in [4.78, 5) is 6.96. The molecule has 0 saturated heterocycles. The SMILES string of the molecule is CCNCc1cc(C)nc(N(C)C(C)CC(C)C)c1. The van der Waals surface area contributed by atoms with E-state index in [1.807, 2.05) is 0 Å². The molecule has 0 saturated carbocycles. The maximum atomic E-state index is 4.67. The Balaban J connectivity index is 2.83. The molecule has 0 spiro atoms. The maximum Gasteiger partial charge on any atom is 0.129 e. The Kier molecular flexibility index (Phi) is 6.29. The Morgan fingerprint density at radius 2 is 1.95 bits per heavy atom. The van der Waals surface area contributed by atoms with Gasteiger partial charge in [-0.3, -0.25) is 0 Å². The van der Waals surface area contributed by atoms with Gasteiger partial charge in [0.15, 0.2) is 0 Å². The van der Waals surface area contributed by atoms with Gasteiger partial charge in [0, 0.05) is 25.3 Å². The molecule has 0 aliphatic heterocycles. The van der Waals surface area contributed by atoms with E-state index in [-0.39, 0.29) is 0 Å². The van der Waals surface area contributed by atoms with Gasteiger partial charge in [0.2, 0.25) is 0 Å². The summed E-state index contributed by atoms with van der Waals surface area (Å²) in [5.41, 5.74) is 2.40. The fourth-order valence-corrected chi connectivity index (χ4v) is 2.34. The van der Waals surface area contributed by atoms with Crippen molar-refractivity contribution in [1.82, 2.24) is 10.3 Å². The molecule has 0 amide bonds. The van der Waals surface area contributed by atoms with Gasteiger partial charge in [0.25, 0.3) is 0 Å². The molecule has 19 heavy (non-hydrogen) atoms. The van der Waals surface area contributed by atoms with E-state index in [0.717, 1.165) is 24.6 Å². The van der Waals surface area contributed by atoms with Crippen molar-refractivity contribution in [1.29, 1.82) is 0 Å². The molecule has 0 aliphatic carbocycles. The summed E-state index contributed by atoms with van der Waals surface area (Å²) in [5.74, 6) is 1.80. The van der Waals surface area contributed by atoms with Crippen LogP contribution >= 0.6 is 0 Å². The predicted molar refractivity (Wildman–Crippen MR) is 83.7 cm³/mol. The molecule has 1 aromatic heterocycles. The fraction of sp³-hybridized carbons (Fsp3) is 0.688. The van der Waals surface area contributed by atoms with Gasteiger partial charge < -0.3 is 10.2 Å². The van der Waals surface area contributed by atoms with Crippen LogP contribution in [0.1, 0.15) is 45.4 Å². The van der Waals surface area contributed by atoms with E-state index in [2.05, 4.69) is 69.0 Å². The van der Waals surface area contributed by atoms with Crippen molar-refractivity contribution >= 4 is 5.82 Å². The second-order valence-electron chi connectivity index (χ2n) is 5.84. The summed E-state index contributed by atoms with van der Waals surface area (Å²) in [6, 6.07) is 4.88. The van der Waals surface area contributed by atoms with Crippen molar-refractivity contribution in [2.24, 2.45) is 5.92 Å². The Morgan fingerprint density at radius 1 is 1.26 bits per heavy atom. The van der Waals surface area contributed by atoms with Crippen molar-refractivity contribution in [2.45, 2.75) is 53.6 Å². The van der Waals surface area contributed by atoms with E-state index in [1.54, 1.807) is 0 Å². The molecule has 0 fully saturated rings. The van der Waals surface area contributed by atoms with Crippen molar-refractivity contribution in [3.63, 3.8) is 0 Å². The molecule has 0 aliphatic rings. The van der Waals surface area contributed by atoms with Crippen LogP contribution in [0.4, 0.5) is 5.82 Å². The lowest BCUT2D eigenvalue weighted by molar-refractivity contribution is 0.502. The van der Waals surface area contributed by atoms with E-state index in [4.69, 9.17) is 0 Å². The van der Waals surface area contributed by atoms with Crippen LogP contribution in [0.15, 0.2) is 12.1 Å². The third-order valence-corrected chi connectivity index (χ3v) is 3.41. The number of aromatic nitrogens is 1. The predicted octanol–water partition coefficient (Wildman–Crippen LogP) is 3.37. The number of hydrogen-bond acceptors (Lipinski definition) is 3. The lowest BCUT2D eigenvalue weighted by Crippen LogP contribution is -2.31. The van der Waals surface area contributed by atoms with Gasteiger partial charge in [-0.1, -0.05) is 20.8 Å². The highest BCUT2D eigenvalue weighted by Gasteiger charge is 2.13. The number of anilines is 1. The molecule has 1 rings (SSSR count). The summed E-state index contributed by atoms with van der Waals surface area (Å²) in [7, 11) is 2.14. The van der Waals surface area contributed by atoms with Crippen molar-refractivity contribution in [3.8, 4) is 0 Å². The third-order valence-electron chi connectivity index (χ3n) is 3.41. The second-order valence-corrected chi connectivity index (χ2v) is 5.84. The Hall–Kier alpha value is -1.09. The Labute approximate surface area is 118 Å². The Bertz CT molecular complexity index is 388. The minimum atomic E-state index is 0.515. The zero-order valence-electron chi connectivity index (χ0n) is 13.3. The van der Waals surface area contributed by atoms with E-state index in [1.165, 1.54) is 12.0 Å². The van der Waals surface area contributed by atoms with Gasteiger partial charge in [0.1, 0.15) is 5.82 Å². The van der Waals surface area contributed by atoms with Crippen LogP contribution in [0.25, 0.3) is 0 Å². The van der Waals surface area contributed by atoms with Crippen LogP contribution in [0.3, 0.4) is 0 Å². The average molecular weight is 263 g/mol. The quantitative estimate of drug-likeness (QED) is 0.817. The highest BCUT2D eigenvalue weighted by atomic mass is 15.2. The average Bonchev–Trinajstić information content (AvgIpc) is 2.33. The molecule has 1 N–H and O–H groups in total. The largest absolute Gasteiger partial charge is 0.357 e. The smallest absolute Gasteiger partial charge is 0.129 e. The van der Waals surface area contributed by atoms with Crippen molar-refractivity contribution in [2.75, 3.05) is 18.5 Å². The minimum Gasteiger partial charge on any atom is -0.357 e. The molecule has 108 valence electrons. The summed E-state index contributed by atoms with van der Waals surface area (Å²) in [6.07, 6.45) is 1.19. The first-order chi connectivity index (χ1) is 8.93. The van der Waals surface area contributed by atoms with Gasteiger partial charge in [-0.05, 0) is 50.4 Å². The van der Waals surface area contributed by atoms with Crippen LogP contribution in [0.5, 0.6) is 0 Å². The normalized spacial score (nSPS) is 12.8. The van der Waals surface area contributed by atoms with Gasteiger partial charge in [-0.2, -0.15) is 0 Å². The number of pyridine rings is 1. The number of aryl methyl sites for hydroxylation is 1. The number of hydrogen-bond donors (Lipinski definition) is 1. The molecular formula is C16H29N3. The second kappa shape index (κ2) is 7.49. The first-order valence-electron chi connectivity index (χ1n) is 7.35. The standard InChI is InChI=1S/C16H29N3/c1-7-17-11-15-9-13(4)18-16(10-15)19(6)14(5)8-12(2)3/h9-10,12,14,17H,7-8,11H2,1-6H3. The highest BCUT2D eigenvalue weighted by Crippen LogP contribution is 2.19. The molecular weight excluding hydrogens is 234 g/mol. The summed E-state index contributed by atoms with van der Waals surface area (Å²) in [5, 5.41) is 3.37. The van der Waals surface area contributed by atoms with E-state index in [9.17, 15) is 0 Å². The van der Waals surface area contributed by atoms with Crippen LogP contribution in [0.2, 0.25) is 0 Å². The molecule has 3 heteroatoms. The molecule has 1 unspecified atom stereocenters. The summed E-state index contributed by atoms with van der Waals surface area (Å²) >= 11 is 0. The van der Waals surface area contributed by atoms with Crippen LogP contribution in [0, 0.1) is 12.8 Å². The number of nitrogens with one attached hydrogen (secondary N) is 1. The summed E-state index contributed by atoms with van der Waals surface area (Å²) < 4.78 is 0. The minimum absolute atomic E-state index is 0.515. The molecule has 0 bridgehead atoms. The lowest BCUT2D eigenvalue weighted by atomic mass is 10.0. The van der Waals surface area contributed by atoms with Crippen LogP contribution in [-0.4, -0.2) is 24.6 Å². The highest BCUT2D eigenvalue weighted by molar-refractivity contribution is 5.42. The molecule has 0 radical (unpaired) electrons. The molecule has 0 aromatic carbocycles. The first kappa shape index (κ1) is 16.0. The zero-order valence-corrected chi connectivity index (χ0v) is 13.3. The van der Waals surface area contributed by atoms with Crippen molar-refractivity contribution < 1.29 is 0 Å². The van der Waals surface area contributed by atoms with Gasteiger partial charge in [0.05, 0.1) is 0 Å². The van der Waals surface area contributed by atoms with Crippen molar-refractivity contribution in [3.05, 3.63) is 23.4 Å². The lowest BCUT2D eigenvalue weighted by Gasteiger charge is -2.28. The van der Waals surface area contributed by atoms with Crippen LogP contribution in [-0.2, 0) is 6.54 Å². The molecule has 1 aromatic rings.